The summed E-state index contributed by atoms with van der Waals surface area (Å²) in [5, 5.41) is 2.91. The second kappa shape index (κ2) is 8.37. The van der Waals surface area contributed by atoms with Gasteiger partial charge in [0.1, 0.15) is 18.2 Å². The van der Waals surface area contributed by atoms with Crippen molar-refractivity contribution in [1.29, 1.82) is 0 Å². The number of carbonyl (C=O) groups excluding carboxylic acids is 1. The molecule has 5 nitrogen and oxygen atoms in total. The third-order valence-electron chi connectivity index (χ3n) is 4.02. The first kappa shape index (κ1) is 17.1. The van der Waals surface area contributed by atoms with Gasteiger partial charge in [0.15, 0.2) is 12.4 Å². The van der Waals surface area contributed by atoms with Crippen LogP contribution < -0.4 is 9.88 Å². The minimum absolute atomic E-state index is 0.0558. The molecule has 0 unspecified atom stereocenters. The molecule has 2 N–H and O–H groups in total. The summed E-state index contributed by atoms with van der Waals surface area (Å²) in [4.78, 5) is 19.3. The summed E-state index contributed by atoms with van der Waals surface area (Å²) < 4.78 is 15.3. The molecule has 3 aromatic rings. The largest absolute Gasteiger partial charge is 0.356 e. The molecule has 0 aliphatic heterocycles. The smallest absolute Gasteiger partial charge is 0.220 e. The number of aromatic amines is 1. The Labute approximate surface area is 145 Å². The van der Waals surface area contributed by atoms with Crippen LogP contribution >= 0.6 is 0 Å². The van der Waals surface area contributed by atoms with Crippen molar-refractivity contribution in [2.75, 3.05) is 6.54 Å². The molecule has 3 rings (SSSR count). The fourth-order valence-corrected chi connectivity index (χ4v) is 2.73. The minimum atomic E-state index is -0.287. The highest BCUT2D eigenvalue weighted by atomic mass is 19.1. The first-order chi connectivity index (χ1) is 12.2. The Balaban J connectivity index is 1.34. The van der Waals surface area contributed by atoms with Crippen LogP contribution in [0, 0.1) is 5.82 Å². The van der Waals surface area contributed by atoms with Gasteiger partial charge < -0.3 is 10.3 Å². The van der Waals surface area contributed by atoms with Crippen LogP contribution in [0.1, 0.15) is 25.1 Å². The monoisotopic (exact) mass is 341 g/mol. The van der Waals surface area contributed by atoms with Gasteiger partial charge in [0.25, 0.3) is 0 Å². The van der Waals surface area contributed by atoms with E-state index in [0.29, 0.717) is 24.9 Å². The molecule has 0 radical (unpaired) electrons. The fraction of sp³-hybridized carbons (Fsp3) is 0.316. The van der Waals surface area contributed by atoms with Crippen LogP contribution in [0.5, 0.6) is 0 Å². The maximum absolute atomic E-state index is 13.2. The summed E-state index contributed by atoms with van der Waals surface area (Å²) in [6, 6.07) is 10.5. The zero-order valence-electron chi connectivity index (χ0n) is 14.0. The number of fused-ring (bicyclic) bond motifs is 1. The summed E-state index contributed by atoms with van der Waals surface area (Å²) in [6.07, 6.45) is 7.01. The maximum atomic E-state index is 13.2. The molecule has 6 heteroatoms. The number of nitrogens with zero attached hydrogens (tertiary/aromatic N) is 2. The summed E-state index contributed by atoms with van der Waals surface area (Å²) in [5.74, 6) is 0.520. The van der Waals surface area contributed by atoms with Gasteiger partial charge in [-0.2, -0.15) is 0 Å². The number of unbranched alkanes of at least 4 members (excludes halogenated alkanes) is 1. The maximum Gasteiger partial charge on any atom is 0.220 e. The number of hydrogen-bond donors (Lipinski definition) is 2. The van der Waals surface area contributed by atoms with Crippen molar-refractivity contribution >= 4 is 16.9 Å². The lowest BCUT2D eigenvalue weighted by molar-refractivity contribution is -0.697. The summed E-state index contributed by atoms with van der Waals surface area (Å²) in [6.45, 7) is 1.44. The van der Waals surface area contributed by atoms with E-state index < -0.39 is 0 Å². The molecule has 0 bridgehead atoms. The van der Waals surface area contributed by atoms with Crippen molar-refractivity contribution in [3.63, 3.8) is 0 Å². The highest BCUT2D eigenvalue weighted by Gasteiger charge is 2.06. The van der Waals surface area contributed by atoms with Crippen molar-refractivity contribution < 1.29 is 13.8 Å². The zero-order valence-corrected chi connectivity index (χ0v) is 14.0. The predicted molar refractivity (Wildman–Crippen MR) is 93.3 cm³/mol. The van der Waals surface area contributed by atoms with Crippen molar-refractivity contribution in [1.82, 2.24) is 15.3 Å². The zero-order chi connectivity index (χ0) is 17.5. The molecule has 2 aromatic heterocycles. The SMILES string of the molecule is O=C(CCCC[n+]1ccccc1)NCCc1nc2ccc(F)cc2[nH]1. The van der Waals surface area contributed by atoms with Crippen LogP contribution in [-0.4, -0.2) is 22.4 Å². The van der Waals surface area contributed by atoms with Crippen LogP contribution in [-0.2, 0) is 17.8 Å². The fourth-order valence-electron chi connectivity index (χ4n) is 2.73. The van der Waals surface area contributed by atoms with E-state index in [0.717, 1.165) is 30.7 Å². The Morgan fingerprint density at radius 3 is 2.88 bits per heavy atom. The van der Waals surface area contributed by atoms with E-state index in [-0.39, 0.29) is 11.7 Å². The minimum Gasteiger partial charge on any atom is -0.356 e. The lowest BCUT2D eigenvalue weighted by Crippen LogP contribution is -2.32. The Kier molecular flexibility index (Phi) is 5.72. The van der Waals surface area contributed by atoms with E-state index in [1.807, 2.05) is 30.6 Å². The number of carbonyl (C=O) groups is 1. The van der Waals surface area contributed by atoms with E-state index in [1.54, 1.807) is 6.07 Å². The third-order valence-corrected chi connectivity index (χ3v) is 4.02. The van der Waals surface area contributed by atoms with Gasteiger partial charge >= 0.3 is 0 Å². The molecule has 2 heterocycles. The normalized spacial score (nSPS) is 10.9. The van der Waals surface area contributed by atoms with Crippen LogP contribution in [0.25, 0.3) is 11.0 Å². The number of aromatic nitrogens is 3. The molecule has 130 valence electrons. The van der Waals surface area contributed by atoms with Gasteiger partial charge in [-0.15, -0.1) is 0 Å². The number of hydrogen-bond acceptors (Lipinski definition) is 2. The van der Waals surface area contributed by atoms with Gasteiger partial charge in [-0.3, -0.25) is 4.79 Å². The molecule has 0 fully saturated rings. The Morgan fingerprint density at radius 1 is 1.20 bits per heavy atom. The number of aryl methyl sites for hydroxylation is 1. The lowest BCUT2D eigenvalue weighted by atomic mass is 10.2. The molecule has 0 aliphatic rings. The van der Waals surface area contributed by atoms with Gasteiger partial charge in [-0.05, 0) is 24.6 Å². The number of amides is 1. The average molecular weight is 341 g/mol. The average Bonchev–Trinajstić information content (AvgIpc) is 3.01. The topological polar surface area (TPSA) is 61.7 Å². The van der Waals surface area contributed by atoms with Gasteiger partial charge in [-0.25, -0.2) is 13.9 Å². The summed E-state index contributed by atoms with van der Waals surface area (Å²) >= 11 is 0. The summed E-state index contributed by atoms with van der Waals surface area (Å²) in [7, 11) is 0. The molecule has 0 saturated heterocycles. The molecule has 1 amide bonds. The Morgan fingerprint density at radius 2 is 2.04 bits per heavy atom. The number of halogens is 1. The van der Waals surface area contributed by atoms with E-state index >= 15 is 0 Å². The van der Waals surface area contributed by atoms with Crippen molar-refractivity contribution in [2.24, 2.45) is 0 Å². The standard InChI is InChI=1S/C19H21FN4O/c20-15-7-8-16-17(14-15)23-18(22-16)9-10-21-19(25)6-2-5-13-24-11-3-1-4-12-24/h1,3-4,7-8,11-12,14H,2,5-6,9-10,13H2,(H-,21,22,23,25)/p+1. The number of imidazole rings is 1. The molecule has 0 saturated carbocycles. The highest BCUT2D eigenvalue weighted by molar-refractivity contribution is 5.76. The van der Waals surface area contributed by atoms with Gasteiger partial charge in [0.05, 0.1) is 11.0 Å². The molecular formula is C19H22FN4O+. The Hall–Kier alpha value is -2.76. The van der Waals surface area contributed by atoms with Crippen LogP contribution in [0.3, 0.4) is 0 Å². The van der Waals surface area contributed by atoms with Gasteiger partial charge in [0, 0.05) is 37.9 Å². The van der Waals surface area contributed by atoms with Crippen molar-refractivity contribution in [2.45, 2.75) is 32.2 Å². The lowest BCUT2D eigenvalue weighted by Gasteiger charge is -2.03. The van der Waals surface area contributed by atoms with Crippen molar-refractivity contribution in [3.05, 3.63) is 60.4 Å². The van der Waals surface area contributed by atoms with Crippen LogP contribution in [0.2, 0.25) is 0 Å². The number of benzene rings is 1. The number of H-pyrrole nitrogens is 1. The second-order valence-corrected chi connectivity index (χ2v) is 6.02. The first-order valence-corrected chi connectivity index (χ1v) is 8.55. The molecular weight excluding hydrogens is 319 g/mol. The molecule has 25 heavy (non-hydrogen) atoms. The molecule has 0 aliphatic carbocycles. The first-order valence-electron chi connectivity index (χ1n) is 8.55. The second-order valence-electron chi connectivity index (χ2n) is 6.02. The number of rotatable bonds is 8. The summed E-state index contributed by atoms with van der Waals surface area (Å²) in [5.41, 5.74) is 1.42. The Bertz CT molecular complexity index is 832. The van der Waals surface area contributed by atoms with E-state index in [4.69, 9.17) is 0 Å². The van der Waals surface area contributed by atoms with Crippen molar-refractivity contribution in [3.8, 4) is 0 Å². The third kappa shape index (κ3) is 5.11. The number of nitrogens with one attached hydrogen (secondary N) is 2. The molecule has 1 aromatic carbocycles. The van der Waals surface area contributed by atoms with Gasteiger partial charge in [0.2, 0.25) is 5.91 Å². The van der Waals surface area contributed by atoms with Gasteiger partial charge in [-0.1, -0.05) is 6.07 Å². The highest BCUT2D eigenvalue weighted by Crippen LogP contribution is 2.12. The van der Waals surface area contributed by atoms with E-state index in [9.17, 15) is 9.18 Å². The van der Waals surface area contributed by atoms with Crippen LogP contribution in [0.4, 0.5) is 4.39 Å². The van der Waals surface area contributed by atoms with E-state index in [1.165, 1.54) is 12.1 Å². The quantitative estimate of drug-likeness (QED) is 0.488. The van der Waals surface area contributed by atoms with Crippen LogP contribution in [0.15, 0.2) is 48.8 Å². The number of pyridine rings is 1. The van der Waals surface area contributed by atoms with E-state index in [2.05, 4.69) is 19.9 Å². The predicted octanol–water partition coefficient (Wildman–Crippen LogP) is 2.52. The molecule has 0 spiro atoms. The molecule has 0 atom stereocenters.